The molecule has 0 radical (unpaired) electrons. The van der Waals surface area contributed by atoms with E-state index in [-0.39, 0.29) is 17.9 Å². The molecule has 3 rings (SSSR count). The van der Waals surface area contributed by atoms with Gasteiger partial charge in [-0.25, -0.2) is 4.79 Å². The molecule has 0 N–H and O–H groups in total. The second-order valence-electron chi connectivity index (χ2n) is 7.62. The molecule has 1 aliphatic heterocycles. The lowest BCUT2D eigenvalue weighted by Gasteiger charge is -2.26. The van der Waals surface area contributed by atoms with E-state index in [9.17, 15) is 9.59 Å². The van der Waals surface area contributed by atoms with Crippen LogP contribution in [0.2, 0.25) is 0 Å². The van der Waals surface area contributed by atoms with E-state index in [0.29, 0.717) is 31.9 Å². The molecule has 1 saturated heterocycles. The normalized spacial score (nSPS) is 18.8. The standard InChI is InChI=1S/C24H30N2O3S/c1-29-15-9-8-14-22(27)23-21(18-30)25(16-19-10-4-2-5-11-19)24(28)26(23)17-20-12-6-3-7-13-20/h2-7,10-13,21,23,30H,8-9,14-18H2,1H3. The van der Waals surface area contributed by atoms with E-state index in [1.807, 2.05) is 65.6 Å². The predicted octanol–water partition coefficient (Wildman–Crippen LogP) is 4.18. The zero-order valence-electron chi connectivity index (χ0n) is 17.4. The number of unbranched alkanes of at least 4 members (excludes halogenated alkanes) is 1. The van der Waals surface area contributed by atoms with Gasteiger partial charge in [-0.2, -0.15) is 12.6 Å². The van der Waals surface area contributed by atoms with Gasteiger partial charge in [-0.05, 0) is 24.0 Å². The molecule has 2 aromatic carbocycles. The van der Waals surface area contributed by atoms with Crippen LogP contribution in [0.4, 0.5) is 4.79 Å². The highest BCUT2D eigenvalue weighted by molar-refractivity contribution is 7.80. The van der Waals surface area contributed by atoms with Crippen molar-refractivity contribution in [3.63, 3.8) is 0 Å². The summed E-state index contributed by atoms with van der Waals surface area (Å²) in [6, 6.07) is 18.9. The summed E-state index contributed by atoms with van der Waals surface area (Å²) in [5.74, 6) is 0.545. The van der Waals surface area contributed by atoms with Crippen LogP contribution >= 0.6 is 12.6 Å². The lowest BCUT2D eigenvalue weighted by atomic mass is 9.99. The maximum atomic E-state index is 13.4. The van der Waals surface area contributed by atoms with Crippen LogP contribution in [-0.4, -0.2) is 53.2 Å². The van der Waals surface area contributed by atoms with Crippen LogP contribution < -0.4 is 0 Å². The molecule has 0 aromatic heterocycles. The molecule has 1 heterocycles. The third-order valence-corrected chi connectivity index (χ3v) is 5.90. The Morgan fingerprint density at radius 2 is 1.50 bits per heavy atom. The first kappa shape index (κ1) is 22.4. The number of carbonyl (C=O) groups excluding carboxylic acids is 2. The number of benzene rings is 2. The number of urea groups is 1. The van der Waals surface area contributed by atoms with Gasteiger partial charge in [0, 0.05) is 39.0 Å². The quantitative estimate of drug-likeness (QED) is 0.433. The molecule has 5 nitrogen and oxygen atoms in total. The van der Waals surface area contributed by atoms with Gasteiger partial charge in [0.25, 0.3) is 0 Å². The Labute approximate surface area is 184 Å². The number of rotatable bonds is 11. The van der Waals surface area contributed by atoms with Gasteiger partial charge in [-0.15, -0.1) is 0 Å². The van der Waals surface area contributed by atoms with Gasteiger partial charge in [-0.1, -0.05) is 60.7 Å². The highest BCUT2D eigenvalue weighted by Gasteiger charge is 2.47. The van der Waals surface area contributed by atoms with Crippen LogP contribution in [0.3, 0.4) is 0 Å². The fourth-order valence-electron chi connectivity index (χ4n) is 4.00. The summed E-state index contributed by atoms with van der Waals surface area (Å²) in [5.41, 5.74) is 2.06. The molecule has 0 spiro atoms. The summed E-state index contributed by atoms with van der Waals surface area (Å²) < 4.78 is 5.10. The molecule has 2 amide bonds. The first-order valence-corrected chi connectivity index (χ1v) is 11.1. The van der Waals surface area contributed by atoms with Gasteiger partial charge in [0.05, 0.1) is 6.04 Å². The molecular formula is C24H30N2O3S. The largest absolute Gasteiger partial charge is 0.385 e. The van der Waals surface area contributed by atoms with Crippen molar-refractivity contribution in [2.75, 3.05) is 19.5 Å². The highest BCUT2D eigenvalue weighted by Crippen LogP contribution is 2.29. The molecule has 1 aliphatic rings. The third-order valence-electron chi connectivity index (χ3n) is 5.52. The zero-order valence-corrected chi connectivity index (χ0v) is 18.3. The second-order valence-corrected chi connectivity index (χ2v) is 7.99. The lowest BCUT2D eigenvalue weighted by Crippen LogP contribution is -2.44. The Kier molecular flexibility index (Phi) is 8.34. The summed E-state index contributed by atoms with van der Waals surface area (Å²) >= 11 is 4.53. The minimum absolute atomic E-state index is 0.100. The summed E-state index contributed by atoms with van der Waals surface area (Å²) in [7, 11) is 1.66. The Hall–Kier alpha value is -2.31. The van der Waals surface area contributed by atoms with E-state index < -0.39 is 6.04 Å². The van der Waals surface area contributed by atoms with Crippen LogP contribution in [0.1, 0.15) is 30.4 Å². The topological polar surface area (TPSA) is 49.9 Å². The summed E-state index contributed by atoms with van der Waals surface area (Å²) in [6.07, 6.45) is 2.03. The predicted molar refractivity (Wildman–Crippen MR) is 122 cm³/mol. The number of hydrogen-bond acceptors (Lipinski definition) is 4. The summed E-state index contributed by atoms with van der Waals surface area (Å²) in [4.78, 5) is 30.2. The number of ether oxygens (including phenoxy) is 1. The molecule has 0 bridgehead atoms. The van der Waals surface area contributed by atoms with Crippen molar-refractivity contribution in [3.05, 3.63) is 71.8 Å². The van der Waals surface area contributed by atoms with Crippen molar-refractivity contribution in [3.8, 4) is 0 Å². The molecule has 2 aromatic rings. The van der Waals surface area contributed by atoms with E-state index in [1.54, 1.807) is 12.0 Å². The van der Waals surface area contributed by atoms with E-state index >= 15 is 0 Å². The van der Waals surface area contributed by atoms with E-state index in [1.165, 1.54) is 0 Å². The van der Waals surface area contributed by atoms with Gasteiger partial charge in [0.1, 0.15) is 6.04 Å². The van der Waals surface area contributed by atoms with Crippen LogP contribution in [0.15, 0.2) is 60.7 Å². The fraction of sp³-hybridized carbons (Fsp3) is 0.417. The number of amides is 2. The molecule has 6 heteroatoms. The zero-order chi connectivity index (χ0) is 21.3. The van der Waals surface area contributed by atoms with Crippen molar-refractivity contribution in [1.82, 2.24) is 9.80 Å². The first-order valence-electron chi connectivity index (χ1n) is 10.4. The molecule has 2 atom stereocenters. The molecular weight excluding hydrogens is 396 g/mol. The third kappa shape index (κ3) is 5.43. The van der Waals surface area contributed by atoms with Crippen LogP contribution in [-0.2, 0) is 22.6 Å². The molecule has 160 valence electrons. The van der Waals surface area contributed by atoms with Crippen molar-refractivity contribution >= 4 is 24.4 Å². The Morgan fingerprint density at radius 3 is 2.03 bits per heavy atom. The SMILES string of the molecule is COCCCCC(=O)C1C(CS)N(Cc2ccccc2)C(=O)N1Cc1ccccc1. The molecule has 2 unspecified atom stereocenters. The number of thiol groups is 1. The molecule has 0 aliphatic carbocycles. The Balaban J connectivity index is 1.83. The smallest absolute Gasteiger partial charge is 0.321 e. The van der Waals surface area contributed by atoms with Gasteiger partial charge in [0.15, 0.2) is 5.78 Å². The van der Waals surface area contributed by atoms with Crippen molar-refractivity contribution < 1.29 is 14.3 Å². The van der Waals surface area contributed by atoms with E-state index in [2.05, 4.69) is 12.6 Å². The number of ketones is 1. The maximum Gasteiger partial charge on any atom is 0.321 e. The fourth-order valence-corrected chi connectivity index (χ4v) is 4.39. The number of methoxy groups -OCH3 is 1. The van der Waals surface area contributed by atoms with Crippen LogP contribution in [0, 0.1) is 0 Å². The highest BCUT2D eigenvalue weighted by atomic mass is 32.1. The van der Waals surface area contributed by atoms with Crippen LogP contribution in [0.5, 0.6) is 0 Å². The number of nitrogens with zero attached hydrogens (tertiary/aromatic N) is 2. The maximum absolute atomic E-state index is 13.4. The van der Waals surface area contributed by atoms with E-state index in [0.717, 1.165) is 24.0 Å². The Bertz CT molecular complexity index is 816. The van der Waals surface area contributed by atoms with E-state index in [4.69, 9.17) is 4.74 Å². The number of Topliss-reactive ketones (excluding diaryl/α,β-unsaturated/α-hetero) is 1. The van der Waals surface area contributed by atoms with Crippen molar-refractivity contribution in [2.24, 2.45) is 0 Å². The monoisotopic (exact) mass is 426 g/mol. The van der Waals surface area contributed by atoms with Crippen molar-refractivity contribution in [1.29, 1.82) is 0 Å². The first-order chi connectivity index (χ1) is 14.7. The lowest BCUT2D eigenvalue weighted by molar-refractivity contribution is -0.123. The van der Waals surface area contributed by atoms with Crippen LogP contribution in [0.25, 0.3) is 0 Å². The Morgan fingerprint density at radius 1 is 0.933 bits per heavy atom. The minimum atomic E-state index is -0.485. The van der Waals surface area contributed by atoms with Gasteiger partial charge in [0.2, 0.25) is 0 Å². The van der Waals surface area contributed by atoms with Gasteiger partial charge >= 0.3 is 6.03 Å². The van der Waals surface area contributed by atoms with Gasteiger partial charge < -0.3 is 14.5 Å². The summed E-state index contributed by atoms with van der Waals surface area (Å²) in [6.45, 7) is 1.54. The number of carbonyl (C=O) groups is 2. The second kappa shape index (κ2) is 11.2. The molecule has 30 heavy (non-hydrogen) atoms. The molecule has 0 saturated carbocycles. The molecule has 1 fully saturated rings. The summed E-state index contributed by atoms with van der Waals surface area (Å²) in [5, 5.41) is 0. The number of hydrogen-bond donors (Lipinski definition) is 1. The van der Waals surface area contributed by atoms with Gasteiger partial charge in [-0.3, -0.25) is 4.79 Å². The average molecular weight is 427 g/mol. The average Bonchev–Trinajstić information content (AvgIpc) is 3.03. The minimum Gasteiger partial charge on any atom is -0.385 e. The van der Waals surface area contributed by atoms with Crippen molar-refractivity contribution in [2.45, 2.75) is 44.4 Å².